The summed E-state index contributed by atoms with van der Waals surface area (Å²) in [4.78, 5) is 0. The van der Waals surface area contributed by atoms with Gasteiger partial charge >= 0.3 is 15.6 Å². The molecule has 0 atom stereocenters. The zero-order valence-electron chi connectivity index (χ0n) is 12.4. The molecule has 1 aliphatic rings. The van der Waals surface area contributed by atoms with Crippen LogP contribution in [-0.4, -0.2) is 13.9 Å². The summed E-state index contributed by atoms with van der Waals surface area (Å²) in [7, 11) is -5.76. The van der Waals surface area contributed by atoms with Gasteiger partial charge in [-0.3, -0.25) is 0 Å². The topological polar surface area (TPSA) is 52.6 Å². The van der Waals surface area contributed by atoms with E-state index in [-0.39, 0.29) is 5.39 Å². The molecular formula is C17H9F3O4S. The van der Waals surface area contributed by atoms with Gasteiger partial charge in [-0.25, -0.2) is 0 Å². The molecule has 128 valence electrons. The van der Waals surface area contributed by atoms with E-state index in [9.17, 15) is 21.6 Å². The summed E-state index contributed by atoms with van der Waals surface area (Å²) < 4.78 is 70.6. The van der Waals surface area contributed by atoms with E-state index in [2.05, 4.69) is 4.18 Å². The minimum atomic E-state index is -5.76. The van der Waals surface area contributed by atoms with Crippen molar-refractivity contribution >= 4 is 20.9 Å². The Balaban J connectivity index is 1.95. The molecule has 8 heteroatoms. The Morgan fingerprint density at radius 2 is 1.56 bits per heavy atom. The van der Waals surface area contributed by atoms with Gasteiger partial charge in [0.1, 0.15) is 11.5 Å². The maximum Gasteiger partial charge on any atom is 0.534 e. The first-order chi connectivity index (χ1) is 11.8. The van der Waals surface area contributed by atoms with Crippen molar-refractivity contribution in [1.29, 1.82) is 0 Å². The first-order valence-electron chi connectivity index (χ1n) is 7.12. The second kappa shape index (κ2) is 5.13. The Morgan fingerprint density at radius 1 is 0.840 bits per heavy atom. The van der Waals surface area contributed by atoms with Crippen LogP contribution in [0.2, 0.25) is 0 Å². The molecule has 0 radical (unpaired) electrons. The zero-order chi connectivity index (χ0) is 17.8. The van der Waals surface area contributed by atoms with Crippen LogP contribution in [0.25, 0.3) is 21.9 Å². The second-order valence-electron chi connectivity index (χ2n) is 5.37. The van der Waals surface area contributed by atoms with Gasteiger partial charge in [0, 0.05) is 16.3 Å². The molecule has 0 saturated carbocycles. The van der Waals surface area contributed by atoms with Gasteiger partial charge in [0.05, 0.1) is 0 Å². The Bertz CT molecular complexity index is 1100. The fraction of sp³-hybridized carbons (Fsp3) is 0.0588. The van der Waals surface area contributed by atoms with Crippen LogP contribution in [0.15, 0.2) is 54.6 Å². The molecule has 4 nitrogen and oxygen atoms in total. The zero-order valence-corrected chi connectivity index (χ0v) is 13.2. The van der Waals surface area contributed by atoms with Crippen molar-refractivity contribution in [2.75, 3.05) is 0 Å². The molecular weight excluding hydrogens is 357 g/mol. The second-order valence-corrected chi connectivity index (χ2v) is 6.91. The van der Waals surface area contributed by atoms with Crippen molar-refractivity contribution in [3.63, 3.8) is 0 Å². The van der Waals surface area contributed by atoms with E-state index in [1.807, 2.05) is 6.07 Å². The molecule has 0 amide bonds. The number of hydrogen-bond acceptors (Lipinski definition) is 4. The predicted octanol–water partition coefficient (Wildman–Crippen LogP) is 4.84. The van der Waals surface area contributed by atoms with Crippen molar-refractivity contribution < 1.29 is 30.5 Å². The van der Waals surface area contributed by atoms with Gasteiger partial charge in [-0.1, -0.05) is 36.4 Å². The lowest BCUT2D eigenvalue weighted by atomic mass is 9.94. The van der Waals surface area contributed by atoms with Crippen molar-refractivity contribution in [2.45, 2.75) is 5.51 Å². The third kappa shape index (κ3) is 2.41. The quantitative estimate of drug-likeness (QED) is 0.376. The molecule has 4 rings (SSSR count). The van der Waals surface area contributed by atoms with Crippen LogP contribution in [-0.2, 0) is 10.1 Å². The minimum Gasteiger partial charge on any atom is -0.456 e. The third-order valence-corrected chi connectivity index (χ3v) is 4.81. The molecule has 0 unspecified atom stereocenters. The molecule has 0 fully saturated rings. The van der Waals surface area contributed by atoms with E-state index >= 15 is 0 Å². The highest BCUT2D eigenvalue weighted by atomic mass is 32.2. The predicted molar refractivity (Wildman–Crippen MR) is 85.1 cm³/mol. The lowest BCUT2D eigenvalue weighted by Crippen LogP contribution is -2.28. The van der Waals surface area contributed by atoms with Gasteiger partial charge in [-0.2, -0.15) is 21.6 Å². The highest BCUT2D eigenvalue weighted by molar-refractivity contribution is 7.88. The van der Waals surface area contributed by atoms with Crippen molar-refractivity contribution in [3.8, 4) is 28.4 Å². The van der Waals surface area contributed by atoms with Crippen LogP contribution in [0.3, 0.4) is 0 Å². The summed E-state index contributed by atoms with van der Waals surface area (Å²) in [6, 6.07) is 14.6. The summed E-state index contributed by atoms with van der Waals surface area (Å²) in [6.07, 6.45) is 0. The van der Waals surface area contributed by atoms with Crippen LogP contribution in [0.4, 0.5) is 13.2 Å². The maximum atomic E-state index is 12.6. The van der Waals surface area contributed by atoms with E-state index in [0.29, 0.717) is 16.9 Å². The smallest absolute Gasteiger partial charge is 0.456 e. The fourth-order valence-corrected chi connectivity index (χ4v) is 3.27. The molecule has 0 aliphatic carbocycles. The number of halogens is 3. The standard InChI is InChI=1S/C17H9F3O4S/c18-17(19,20)25(21,22)24-14-8-9-15-16-11(5-3-6-12(14)16)10-4-1-2-7-13(10)23-15/h1-9H. The van der Waals surface area contributed by atoms with Gasteiger partial charge in [0.25, 0.3) is 0 Å². The van der Waals surface area contributed by atoms with Gasteiger partial charge in [-0.05, 0) is 23.8 Å². The molecule has 1 aliphatic heterocycles. The fourth-order valence-electron chi connectivity index (χ4n) is 2.79. The van der Waals surface area contributed by atoms with Crippen LogP contribution >= 0.6 is 0 Å². The normalized spacial score (nSPS) is 13.2. The molecule has 0 N–H and O–H groups in total. The van der Waals surface area contributed by atoms with Crippen molar-refractivity contribution in [3.05, 3.63) is 54.6 Å². The first kappa shape index (κ1) is 15.8. The third-order valence-electron chi connectivity index (χ3n) is 3.84. The van der Waals surface area contributed by atoms with Gasteiger partial charge in [0.2, 0.25) is 0 Å². The Labute approximate surface area is 140 Å². The van der Waals surface area contributed by atoms with Crippen molar-refractivity contribution in [1.82, 2.24) is 0 Å². The lowest BCUT2D eigenvalue weighted by molar-refractivity contribution is -0.0499. The monoisotopic (exact) mass is 366 g/mol. The van der Waals surface area contributed by atoms with E-state index < -0.39 is 21.4 Å². The van der Waals surface area contributed by atoms with Crippen LogP contribution in [0, 0.1) is 0 Å². The van der Waals surface area contributed by atoms with Crippen LogP contribution in [0.1, 0.15) is 0 Å². The molecule has 0 saturated heterocycles. The van der Waals surface area contributed by atoms with E-state index in [4.69, 9.17) is 4.74 Å². The van der Waals surface area contributed by atoms with Crippen LogP contribution in [0.5, 0.6) is 17.2 Å². The number of hydrogen-bond donors (Lipinski definition) is 0. The van der Waals surface area contributed by atoms with E-state index in [1.54, 1.807) is 30.3 Å². The van der Waals surface area contributed by atoms with E-state index in [1.165, 1.54) is 12.1 Å². The van der Waals surface area contributed by atoms with Crippen LogP contribution < -0.4 is 8.92 Å². The number of rotatable bonds is 2. The number of alkyl halides is 3. The summed E-state index contributed by atoms with van der Waals surface area (Å²) in [6.45, 7) is 0. The maximum absolute atomic E-state index is 12.6. The highest BCUT2D eigenvalue weighted by Gasteiger charge is 2.48. The molecule has 0 bridgehead atoms. The molecule has 3 aromatic carbocycles. The summed E-state index contributed by atoms with van der Waals surface area (Å²) >= 11 is 0. The van der Waals surface area contributed by atoms with Crippen molar-refractivity contribution in [2.24, 2.45) is 0 Å². The van der Waals surface area contributed by atoms with Gasteiger partial charge in [-0.15, -0.1) is 0 Å². The Kier molecular flexibility index (Phi) is 3.23. The Morgan fingerprint density at radius 3 is 2.32 bits per heavy atom. The van der Waals surface area contributed by atoms with Gasteiger partial charge in [0.15, 0.2) is 5.75 Å². The molecule has 25 heavy (non-hydrogen) atoms. The molecule has 0 aromatic heterocycles. The largest absolute Gasteiger partial charge is 0.534 e. The first-order valence-corrected chi connectivity index (χ1v) is 8.52. The lowest BCUT2D eigenvalue weighted by Gasteiger charge is -2.22. The SMILES string of the molecule is O=S(=O)(Oc1ccc2c3c(cccc13)-c1ccccc1O2)C(F)(F)F. The summed E-state index contributed by atoms with van der Waals surface area (Å²) in [5, 5.41) is 0.716. The number of benzene rings is 3. The average Bonchev–Trinajstić information content (AvgIpc) is 2.56. The number of para-hydroxylation sites is 1. The average molecular weight is 366 g/mol. The Hall–Kier alpha value is -2.74. The summed E-state index contributed by atoms with van der Waals surface area (Å²) in [5.41, 5.74) is -4.02. The minimum absolute atomic E-state index is 0.220. The highest BCUT2D eigenvalue weighted by Crippen LogP contribution is 2.48. The van der Waals surface area contributed by atoms with Gasteiger partial charge < -0.3 is 8.92 Å². The van der Waals surface area contributed by atoms with E-state index in [0.717, 1.165) is 17.2 Å². The number of ether oxygens (including phenoxy) is 1. The molecule has 1 heterocycles. The molecule has 3 aromatic rings. The summed E-state index contributed by atoms with van der Waals surface area (Å²) in [5.74, 6) is 0.626. The molecule has 0 spiro atoms. The number of fused-ring (bicyclic) bond motifs is 2.